The molecule has 0 radical (unpaired) electrons. The SMILES string of the molecule is COCCCN1CCOc2ccc(CO[C@H]3CC[C@@H](CCOCc4ccccc4)C[C@@H]3c3ccc(OC)cc3)cc21. The maximum Gasteiger partial charge on any atom is 0.142 e. The van der Waals surface area contributed by atoms with Gasteiger partial charge in [-0.1, -0.05) is 48.5 Å². The van der Waals surface area contributed by atoms with Crippen LogP contribution in [0.1, 0.15) is 54.7 Å². The molecule has 6 nitrogen and oxygen atoms in total. The summed E-state index contributed by atoms with van der Waals surface area (Å²) in [6.07, 6.45) is 5.58. The van der Waals surface area contributed by atoms with Crippen molar-refractivity contribution in [2.24, 2.45) is 5.92 Å². The lowest BCUT2D eigenvalue weighted by Gasteiger charge is -2.37. The van der Waals surface area contributed by atoms with Gasteiger partial charge in [-0.15, -0.1) is 0 Å². The maximum atomic E-state index is 6.71. The topological polar surface area (TPSA) is 49.4 Å². The Morgan fingerprint density at radius 1 is 0.878 bits per heavy atom. The summed E-state index contributed by atoms with van der Waals surface area (Å²) in [5.41, 5.74) is 4.91. The lowest BCUT2D eigenvalue weighted by molar-refractivity contribution is -0.0129. The number of fused-ring (bicyclic) bond motifs is 1. The molecular formula is C35H45NO5. The van der Waals surface area contributed by atoms with Gasteiger partial charge in [0.15, 0.2) is 0 Å². The van der Waals surface area contributed by atoms with Crippen molar-refractivity contribution in [2.45, 2.75) is 57.3 Å². The van der Waals surface area contributed by atoms with E-state index in [9.17, 15) is 0 Å². The van der Waals surface area contributed by atoms with Crippen molar-refractivity contribution in [3.63, 3.8) is 0 Å². The number of hydrogen-bond acceptors (Lipinski definition) is 6. The average Bonchev–Trinajstić information content (AvgIpc) is 3.03. The Morgan fingerprint density at radius 3 is 2.54 bits per heavy atom. The van der Waals surface area contributed by atoms with E-state index in [1.165, 1.54) is 22.4 Å². The van der Waals surface area contributed by atoms with Crippen molar-refractivity contribution in [1.29, 1.82) is 0 Å². The van der Waals surface area contributed by atoms with Crippen molar-refractivity contribution >= 4 is 5.69 Å². The van der Waals surface area contributed by atoms with Gasteiger partial charge >= 0.3 is 0 Å². The van der Waals surface area contributed by atoms with Crippen molar-refractivity contribution in [3.8, 4) is 11.5 Å². The summed E-state index contributed by atoms with van der Waals surface area (Å²) in [7, 11) is 3.48. The van der Waals surface area contributed by atoms with Crippen LogP contribution >= 0.6 is 0 Å². The molecule has 5 rings (SSSR count). The van der Waals surface area contributed by atoms with Crippen LogP contribution in [0.25, 0.3) is 0 Å². The fourth-order valence-corrected chi connectivity index (χ4v) is 6.15. The molecule has 1 saturated carbocycles. The molecule has 1 aliphatic carbocycles. The van der Waals surface area contributed by atoms with Gasteiger partial charge in [0.05, 0.1) is 38.7 Å². The molecule has 1 aliphatic heterocycles. The molecule has 0 N–H and O–H groups in total. The molecule has 0 spiro atoms. The molecule has 0 saturated heterocycles. The first kappa shape index (κ1) is 29.4. The molecule has 2 aliphatic rings. The van der Waals surface area contributed by atoms with E-state index in [0.29, 0.717) is 25.0 Å². The van der Waals surface area contributed by atoms with Gasteiger partial charge in [-0.2, -0.15) is 0 Å². The van der Waals surface area contributed by atoms with Gasteiger partial charge in [0, 0.05) is 32.8 Å². The van der Waals surface area contributed by atoms with Gasteiger partial charge in [-0.25, -0.2) is 0 Å². The predicted octanol–water partition coefficient (Wildman–Crippen LogP) is 7.01. The zero-order valence-electron chi connectivity index (χ0n) is 24.6. The van der Waals surface area contributed by atoms with Gasteiger partial charge in [-0.05, 0) is 79.0 Å². The van der Waals surface area contributed by atoms with Crippen molar-refractivity contribution in [1.82, 2.24) is 0 Å². The number of benzene rings is 3. The van der Waals surface area contributed by atoms with Crippen LogP contribution in [0, 0.1) is 5.92 Å². The number of methoxy groups -OCH3 is 2. The number of nitrogens with zero attached hydrogens (tertiary/aromatic N) is 1. The quantitative estimate of drug-likeness (QED) is 0.198. The summed E-state index contributed by atoms with van der Waals surface area (Å²) < 4.78 is 29.4. The second-order valence-corrected chi connectivity index (χ2v) is 11.2. The van der Waals surface area contributed by atoms with E-state index in [4.69, 9.17) is 23.7 Å². The summed E-state index contributed by atoms with van der Waals surface area (Å²) in [6, 6.07) is 25.5. The maximum absolute atomic E-state index is 6.71. The Labute approximate surface area is 245 Å². The molecule has 220 valence electrons. The summed E-state index contributed by atoms with van der Waals surface area (Å²) in [6.45, 7) is 5.42. The van der Waals surface area contributed by atoms with Crippen LogP contribution in [0.4, 0.5) is 5.69 Å². The fourth-order valence-electron chi connectivity index (χ4n) is 6.15. The van der Waals surface area contributed by atoms with Crippen LogP contribution in [-0.4, -0.2) is 53.2 Å². The third kappa shape index (κ3) is 8.25. The van der Waals surface area contributed by atoms with Gasteiger partial charge in [0.2, 0.25) is 0 Å². The zero-order chi connectivity index (χ0) is 28.3. The summed E-state index contributed by atoms with van der Waals surface area (Å²) >= 11 is 0. The molecule has 3 aromatic rings. The van der Waals surface area contributed by atoms with Crippen LogP contribution < -0.4 is 14.4 Å². The second-order valence-electron chi connectivity index (χ2n) is 11.2. The second kappa shape index (κ2) is 15.2. The molecule has 3 aromatic carbocycles. The Balaban J connectivity index is 1.21. The zero-order valence-corrected chi connectivity index (χ0v) is 24.6. The minimum Gasteiger partial charge on any atom is -0.497 e. The van der Waals surface area contributed by atoms with E-state index in [0.717, 1.165) is 76.5 Å². The number of hydrogen-bond donors (Lipinski definition) is 0. The number of ether oxygens (including phenoxy) is 5. The van der Waals surface area contributed by atoms with E-state index in [-0.39, 0.29) is 6.10 Å². The largest absolute Gasteiger partial charge is 0.497 e. The predicted molar refractivity (Wildman–Crippen MR) is 163 cm³/mol. The Bertz CT molecular complexity index is 1180. The minimum atomic E-state index is 0.176. The minimum absolute atomic E-state index is 0.176. The molecule has 6 heteroatoms. The molecule has 41 heavy (non-hydrogen) atoms. The van der Waals surface area contributed by atoms with E-state index >= 15 is 0 Å². The molecule has 3 atom stereocenters. The lowest BCUT2D eigenvalue weighted by Crippen LogP contribution is -2.34. The fraction of sp³-hybridized carbons (Fsp3) is 0.486. The van der Waals surface area contributed by atoms with Gasteiger partial charge in [0.1, 0.15) is 18.1 Å². The highest BCUT2D eigenvalue weighted by atomic mass is 16.5. The molecule has 0 bridgehead atoms. The van der Waals surface area contributed by atoms with Crippen molar-refractivity contribution in [3.05, 3.63) is 89.5 Å². The molecule has 0 unspecified atom stereocenters. The summed E-state index contributed by atoms with van der Waals surface area (Å²) in [5.74, 6) is 2.82. The standard InChI is InChI=1S/C35H45NO5/c1-37-20-6-18-36-19-22-40-35-16-10-29(24-33(35)36)26-41-34-15-9-27(17-21-39-25-28-7-4-3-5-8-28)23-32(34)30-11-13-31(38-2)14-12-30/h3-5,7-8,10-14,16,24,27,32,34H,6,9,15,17-23,25-26H2,1-2H3/t27-,32+,34-/m0/s1. The molecule has 1 heterocycles. The van der Waals surface area contributed by atoms with E-state index < -0.39 is 0 Å². The van der Waals surface area contributed by atoms with E-state index in [1.807, 2.05) is 6.07 Å². The van der Waals surface area contributed by atoms with Gasteiger partial charge in [0.25, 0.3) is 0 Å². The van der Waals surface area contributed by atoms with Crippen molar-refractivity contribution in [2.75, 3.05) is 52.0 Å². The normalized spacial score (nSPS) is 20.3. The summed E-state index contributed by atoms with van der Waals surface area (Å²) in [5, 5.41) is 0. The van der Waals surface area contributed by atoms with Crippen LogP contribution in [0.3, 0.4) is 0 Å². The molecule has 0 amide bonds. The molecule has 0 aromatic heterocycles. The Morgan fingerprint density at radius 2 is 1.73 bits per heavy atom. The van der Waals surface area contributed by atoms with Gasteiger partial charge < -0.3 is 28.6 Å². The van der Waals surface area contributed by atoms with Crippen LogP contribution in [-0.2, 0) is 27.4 Å². The molecule has 1 fully saturated rings. The average molecular weight is 560 g/mol. The summed E-state index contributed by atoms with van der Waals surface area (Å²) in [4.78, 5) is 2.41. The Hall–Kier alpha value is -3.06. The highest BCUT2D eigenvalue weighted by Crippen LogP contribution is 2.41. The number of rotatable bonds is 14. The number of anilines is 1. The first-order chi connectivity index (χ1) is 20.2. The van der Waals surface area contributed by atoms with E-state index in [1.54, 1.807) is 14.2 Å². The highest BCUT2D eigenvalue weighted by molar-refractivity contribution is 5.61. The third-order valence-corrected chi connectivity index (χ3v) is 8.44. The first-order valence-electron chi connectivity index (χ1n) is 15.1. The smallest absolute Gasteiger partial charge is 0.142 e. The third-order valence-electron chi connectivity index (χ3n) is 8.44. The first-order valence-corrected chi connectivity index (χ1v) is 15.1. The highest BCUT2D eigenvalue weighted by Gasteiger charge is 2.32. The monoisotopic (exact) mass is 559 g/mol. The van der Waals surface area contributed by atoms with E-state index in [2.05, 4.69) is 71.6 Å². The van der Waals surface area contributed by atoms with Crippen LogP contribution in [0.5, 0.6) is 11.5 Å². The van der Waals surface area contributed by atoms with Crippen LogP contribution in [0.2, 0.25) is 0 Å². The Kier molecular flexibility index (Phi) is 10.9. The van der Waals surface area contributed by atoms with Crippen LogP contribution in [0.15, 0.2) is 72.8 Å². The lowest BCUT2D eigenvalue weighted by atomic mass is 9.75. The van der Waals surface area contributed by atoms with Crippen molar-refractivity contribution < 1.29 is 23.7 Å². The molecular weight excluding hydrogens is 514 g/mol. The van der Waals surface area contributed by atoms with Gasteiger partial charge in [-0.3, -0.25) is 0 Å².